The lowest BCUT2D eigenvalue weighted by Gasteiger charge is -1.96. The fourth-order valence-electron chi connectivity index (χ4n) is 0.959. The molecule has 0 aliphatic carbocycles. The maximum absolute atomic E-state index is 13.1. The molecule has 0 saturated heterocycles. The summed E-state index contributed by atoms with van der Waals surface area (Å²) in [5.74, 6) is 3.92. The normalized spacial score (nSPS) is 9.20. The fraction of sp³-hybridized carbons (Fsp3) is 0.182. The molecule has 0 fully saturated rings. The number of rotatable bonds is 2. The van der Waals surface area contributed by atoms with E-state index in [-0.39, 0.29) is 11.1 Å². The Balaban J connectivity index is 3.02. The summed E-state index contributed by atoms with van der Waals surface area (Å²) in [6, 6.07) is 3.50. The Morgan fingerprint density at radius 1 is 1.53 bits per heavy atom. The van der Waals surface area contributed by atoms with Gasteiger partial charge in [0.05, 0.1) is 11.1 Å². The van der Waals surface area contributed by atoms with Crippen LogP contribution in [0.25, 0.3) is 0 Å². The van der Waals surface area contributed by atoms with E-state index in [1.54, 1.807) is 0 Å². The van der Waals surface area contributed by atoms with E-state index in [1.165, 1.54) is 12.1 Å². The van der Waals surface area contributed by atoms with Crippen molar-refractivity contribution in [2.24, 2.45) is 0 Å². The first kappa shape index (κ1) is 11.5. The van der Waals surface area contributed by atoms with Crippen LogP contribution in [0.2, 0.25) is 0 Å². The number of halogens is 2. The van der Waals surface area contributed by atoms with Gasteiger partial charge < -0.3 is 5.11 Å². The molecular formula is C11H8ClFO2. The van der Waals surface area contributed by atoms with Crippen molar-refractivity contribution in [3.63, 3.8) is 0 Å². The maximum Gasteiger partial charge on any atom is 0.335 e. The summed E-state index contributed by atoms with van der Waals surface area (Å²) < 4.78 is 13.1. The van der Waals surface area contributed by atoms with Gasteiger partial charge in [-0.2, -0.15) is 0 Å². The van der Waals surface area contributed by atoms with Crippen molar-refractivity contribution >= 4 is 17.6 Å². The van der Waals surface area contributed by atoms with Gasteiger partial charge in [-0.25, -0.2) is 9.18 Å². The van der Waals surface area contributed by atoms with Gasteiger partial charge in [0.2, 0.25) is 0 Å². The Bertz CT molecular complexity index is 432. The van der Waals surface area contributed by atoms with Crippen LogP contribution in [0.3, 0.4) is 0 Å². The van der Waals surface area contributed by atoms with E-state index in [4.69, 9.17) is 16.7 Å². The van der Waals surface area contributed by atoms with E-state index in [2.05, 4.69) is 11.8 Å². The number of hydrogen-bond acceptors (Lipinski definition) is 1. The Labute approximate surface area is 91.7 Å². The molecule has 1 N–H and O–H groups in total. The smallest absolute Gasteiger partial charge is 0.335 e. The molecule has 0 amide bonds. The summed E-state index contributed by atoms with van der Waals surface area (Å²) in [5, 5.41) is 8.68. The molecule has 0 spiro atoms. The van der Waals surface area contributed by atoms with Crippen molar-refractivity contribution in [1.29, 1.82) is 0 Å². The van der Waals surface area contributed by atoms with Crippen LogP contribution in [0.4, 0.5) is 4.39 Å². The van der Waals surface area contributed by atoms with Crippen LogP contribution in [0.1, 0.15) is 22.3 Å². The van der Waals surface area contributed by atoms with Crippen LogP contribution in [0.5, 0.6) is 0 Å². The fourth-order valence-corrected chi connectivity index (χ4v) is 1.05. The molecule has 0 unspecified atom stereocenters. The Kier molecular flexibility index (Phi) is 4.14. The van der Waals surface area contributed by atoms with Gasteiger partial charge in [0.15, 0.2) is 0 Å². The maximum atomic E-state index is 13.1. The van der Waals surface area contributed by atoms with Crippen LogP contribution in [-0.2, 0) is 0 Å². The predicted molar refractivity (Wildman–Crippen MR) is 55.6 cm³/mol. The summed E-state index contributed by atoms with van der Waals surface area (Å²) in [6.45, 7) is 0. The minimum atomic E-state index is -1.10. The minimum Gasteiger partial charge on any atom is -0.478 e. The summed E-state index contributed by atoms with van der Waals surface area (Å²) >= 11 is 5.40. The molecule has 1 aromatic rings. The molecule has 0 aliphatic heterocycles. The van der Waals surface area contributed by atoms with E-state index in [1.807, 2.05) is 0 Å². The Morgan fingerprint density at radius 3 is 2.87 bits per heavy atom. The van der Waals surface area contributed by atoms with Gasteiger partial charge >= 0.3 is 5.97 Å². The second-order valence-corrected chi connectivity index (χ2v) is 3.12. The van der Waals surface area contributed by atoms with Gasteiger partial charge in [0, 0.05) is 12.3 Å². The standard InChI is InChI=1S/C11H8ClFO2/c12-6-2-1-3-8-7-9(11(14)15)4-5-10(8)13/h4-5,7H,2,6H2,(H,14,15). The third-order valence-corrected chi connectivity index (χ3v) is 1.84. The van der Waals surface area contributed by atoms with Crippen LogP contribution < -0.4 is 0 Å². The number of carboxylic acids is 1. The SMILES string of the molecule is O=C(O)c1ccc(F)c(C#CCCCl)c1. The van der Waals surface area contributed by atoms with Crippen LogP contribution in [-0.4, -0.2) is 17.0 Å². The highest BCUT2D eigenvalue weighted by Crippen LogP contribution is 2.09. The first-order valence-corrected chi connectivity index (χ1v) is 4.76. The zero-order valence-corrected chi connectivity index (χ0v) is 8.51. The highest BCUT2D eigenvalue weighted by Gasteiger charge is 2.06. The van der Waals surface area contributed by atoms with Crippen LogP contribution >= 0.6 is 11.6 Å². The molecule has 1 rings (SSSR count). The summed E-state index contributed by atoms with van der Waals surface area (Å²) in [5.41, 5.74) is 0.103. The van der Waals surface area contributed by atoms with Gasteiger partial charge in [-0.1, -0.05) is 11.8 Å². The van der Waals surface area contributed by atoms with E-state index >= 15 is 0 Å². The zero-order chi connectivity index (χ0) is 11.3. The molecule has 78 valence electrons. The number of hydrogen-bond donors (Lipinski definition) is 1. The summed E-state index contributed by atoms with van der Waals surface area (Å²) in [7, 11) is 0. The molecule has 0 heterocycles. The highest BCUT2D eigenvalue weighted by molar-refractivity contribution is 6.18. The molecule has 2 nitrogen and oxygen atoms in total. The summed E-state index contributed by atoms with van der Waals surface area (Å²) in [4.78, 5) is 10.6. The number of alkyl halides is 1. The molecule has 0 saturated carbocycles. The van der Waals surface area contributed by atoms with Crippen molar-refractivity contribution in [3.8, 4) is 11.8 Å². The minimum absolute atomic E-state index is 0.0200. The Morgan fingerprint density at radius 2 is 2.27 bits per heavy atom. The van der Waals surface area contributed by atoms with Crippen LogP contribution in [0, 0.1) is 17.7 Å². The molecule has 4 heteroatoms. The molecule has 0 bridgehead atoms. The quantitative estimate of drug-likeness (QED) is 0.622. The second kappa shape index (κ2) is 5.38. The lowest BCUT2D eigenvalue weighted by atomic mass is 10.1. The number of carbonyl (C=O) groups is 1. The van der Waals surface area contributed by atoms with E-state index < -0.39 is 11.8 Å². The molecule has 0 aliphatic rings. The average Bonchev–Trinajstić information content (AvgIpc) is 2.20. The monoisotopic (exact) mass is 226 g/mol. The highest BCUT2D eigenvalue weighted by atomic mass is 35.5. The van der Waals surface area contributed by atoms with Crippen molar-refractivity contribution < 1.29 is 14.3 Å². The van der Waals surface area contributed by atoms with E-state index in [0.29, 0.717) is 12.3 Å². The molecule has 15 heavy (non-hydrogen) atoms. The molecular weight excluding hydrogens is 219 g/mol. The predicted octanol–water partition coefficient (Wildman–Crippen LogP) is 2.50. The van der Waals surface area contributed by atoms with Crippen molar-refractivity contribution in [1.82, 2.24) is 0 Å². The van der Waals surface area contributed by atoms with E-state index in [0.717, 1.165) is 6.07 Å². The molecule has 0 atom stereocenters. The van der Waals surface area contributed by atoms with Gasteiger partial charge in [-0.05, 0) is 18.2 Å². The lowest BCUT2D eigenvalue weighted by molar-refractivity contribution is 0.0697. The van der Waals surface area contributed by atoms with Crippen molar-refractivity contribution in [2.75, 3.05) is 5.88 Å². The first-order chi connectivity index (χ1) is 7.15. The van der Waals surface area contributed by atoms with Crippen molar-refractivity contribution in [3.05, 3.63) is 35.1 Å². The first-order valence-electron chi connectivity index (χ1n) is 4.23. The Hall–Kier alpha value is -1.53. The topological polar surface area (TPSA) is 37.3 Å². The number of aromatic carboxylic acids is 1. The van der Waals surface area contributed by atoms with E-state index in [9.17, 15) is 9.18 Å². The molecule has 0 radical (unpaired) electrons. The lowest BCUT2D eigenvalue weighted by Crippen LogP contribution is -1.97. The summed E-state index contributed by atoms with van der Waals surface area (Å²) in [6.07, 6.45) is 0.443. The third-order valence-electron chi connectivity index (χ3n) is 1.66. The largest absolute Gasteiger partial charge is 0.478 e. The van der Waals surface area contributed by atoms with Gasteiger partial charge in [0.1, 0.15) is 5.82 Å². The molecule has 0 aromatic heterocycles. The zero-order valence-electron chi connectivity index (χ0n) is 7.76. The van der Waals surface area contributed by atoms with Crippen LogP contribution in [0.15, 0.2) is 18.2 Å². The van der Waals surface area contributed by atoms with Gasteiger partial charge in [-0.3, -0.25) is 0 Å². The van der Waals surface area contributed by atoms with Gasteiger partial charge in [0.25, 0.3) is 0 Å². The second-order valence-electron chi connectivity index (χ2n) is 2.74. The average molecular weight is 227 g/mol. The van der Waals surface area contributed by atoms with Crippen molar-refractivity contribution in [2.45, 2.75) is 6.42 Å². The third kappa shape index (κ3) is 3.26. The number of carboxylic acid groups (broad SMARTS) is 1. The number of benzene rings is 1. The molecule has 1 aromatic carbocycles. The van der Waals surface area contributed by atoms with Gasteiger partial charge in [-0.15, -0.1) is 11.6 Å².